The van der Waals surface area contributed by atoms with Crippen LogP contribution in [0, 0.1) is 0 Å². The molecule has 28 heavy (non-hydrogen) atoms. The van der Waals surface area contributed by atoms with E-state index in [1.807, 2.05) is 0 Å². The van der Waals surface area contributed by atoms with E-state index in [1.165, 1.54) is 42.6 Å². The third-order valence-corrected chi connectivity index (χ3v) is 5.44. The monoisotopic (exact) mass is 371 g/mol. The highest BCUT2D eigenvalue weighted by Gasteiger charge is 2.19. The zero-order valence-electron chi connectivity index (χ0n) is 16.5. The zero-order chi connectivity index (χ0) is 19.0. The molecule has 1 saturated heterocycles. The Morgan fingerprint density at radius 2 is 1.25 bits per heavy atom. The molecule has 0 bridgehead atoms. The quantitative estimate of drug-likeness (QED) is 0.528. The molecule has 0 N–H and O–H groups in total. The van der Waals surface area contributed by atoms with E-state index in [4.69, 9.17) is 4.74 Å². The molecule has 2 heteroatoms. The average molecular weight is 372 g/mol. The fourth-order valence-electron chi connectivity index (χ4n) is 3.98. The van der Waals surface area contributed by atoms with Crippen LogP contribution in [0.2, 0.25) is 0 Å². The fourth-order valence-corrected chi connectivity index (χ4v) is 3.98. The summed E-state index contributed by atoms with van der Waals surface area (Å²) in [4.78, 5) is 2.54. The van der Waals surface area contributed by atoms with Crippen molar-refractivity contribution in [2.45, 2.75) is 31.8 Å². The number of benzene rings is 3. The molecule has 3 aromatic carbocycles. The van der Waals surface area contributed by atoms with Crippen LogP contribution in [0.25, 0.3) is 0 Å². The smallest absolute Gasteiger partial charge is 0.119 e. The summed E-state index contributed by atoms with van der Waals surface area (Å²) in [5, 5.41) is 0. The molecule has 3 aromatic rings. The molecule has 0 radical (unpaired) electrons. The van der Waals surface area contributed by atoms with Crippen molar-refractivity contribution in [3.05, 3.63) is 102 Å². The van der Waals surface area contributed by atoms with Crippen molar-refractivity contribution in [1.29, 1.82) is 0 Å². The van der Waals surface area contributed by atoms with E-state index in [0.29, 0.717) is 0 Å². The molecule has 1 atom stereocenters. The maximum atomic E-state index is 6.44. The van der Waals surface area contributed by atoms with Crippen LogP contribution in [0.3, 0.4) is 0 Å². The Bertz CT molecular complexity index is 823. The molecule has 2 nitrogen and oxygen atoms in total. The van der Waals surface area contributed by atoms with Gasteiger partial charge in [0, 0.05) is 13.0 Å². The van der Waals surface area contributed by atoms with Crippen molar-refractivity contribution >= 4 is 0 Å². The summed E-state index contributed by atoms with van der Waals surface area (Å²) in [6.45, 7) is 3.40. The van der Waals surface area contributed by atoms with E-state index in [1.54, 1.807) is 0 Å². The Balaban J connectivity index is 1.41. The topological polar surface area (TPSA) is 12.5 Å². The molecular weight excluding hydrogens is 342 g/mol. The largest absolute Gasteiger partial charge is 0.489 e. The lowest BCUT2D eigenvalue weighted by Crippen LogP contribution is -2.35. The van der Waals surface area contributed by atoms with E-state index in [2.05, 4.69) is 89.8 Å². The number of ether oxygens (including phenoxy) is 1. The van der Waals surface area contributed by atoms with E-state index < -0.39 is 0 Å². The summed E-state index contributed by atoms with van der Waals surface area (Å²) in [5.74, 6) is 0.969. The van der Waals surface area contributed by atoms with E-state index in [-0.39, 0.29) is 6.10 Å². The first-order chi connectivity index (χ1) is 13.8. The molecule has 144 valence electrons. The van der Waals surface area contributed by atoms with Gasteiger partial charge in [-0.2, -0.15) is 0 Å². The number of nitrogens with zero attached hydrogens (tertiary/aromatic N) is 1. The summed E-state index contributed by atoms with van der Waals surface area (Å²) >= 11 is 0. The van der Waals surface area contributed by atoms with Gasteiger partial charge in [-0.1, -0.05) is 72.8 Å². The molecular formula is C26H29NO. The molecule has 1 fully saturated rings. The van der Waals surface area contributed by atoms with Crippen LogP contribution < -0.4 is 4.74 Å². The number of likely N-dealkylation sites (tertiary alicyclic amines) is 1. The van der Waals surface area contributed by atoms with Gasteiger partial charge in [0.2, 0.25) is 0 Å². The lowest BCUT2D eigenvalue weighted by Gasteiger charge is -2.25. The van der Waals surface area contributed by atoms with E-state index in [0.717, 1.165) is 25.1 Å². The zero-order valence-corrected chi connectivity index (χ0v) is 16.5. The molecule has 0 amide bonds. The third kappa shape index (κ3) is 5.46. The first-order valence-electron chi connectivity index (χ1n) is 10.4. The van der Waals surface area contributed by atoms with Gasteiger partial charge in [-0.05, 0) is 61.2 Å². The second-order valence-corrected chi connectivity index (χ2v) is 7.74. The Hall–Kier alpha value is -2.58. The summed E-state index contributed by atoms with van der Waals surface area (Å²) < 4.78 is 6.44. The van der Waals surface area contributed by atoms with Crippen LogP contribution in [0.5, 0.6) is 5.75 Å². The van der Waals surface area contributed by atoms with Crippen LogP contribution in [0.15, 0.2) is 84.9 Å². The van der Waals surface area contributed by atoms with Crippen molar-refractivity contribution < 1.29 is 4.74 Å². The summed E-state index contributed by atoms with van der Waals surface area (Å²) in [6, 6.07) is 29.9. The maximum absolute atomic E-state index is 6.44. The predicted octanol–water partition coefficient (Wildman–Crippen LogP) is 5.36. The summed E-state index contributed by atoms with van der Waals surface area (Å²) in [5.41, 5.74) is 4.00. The van der Waals surface area contributed by atoms with Gasteiger partial charge in [-0.15, -0.1) is 0 Å². The van der Waals surface area contributed by atoms with Gasteiger partial charge in [0.25, 0.3) is 0 Å². The summed E-state index contributed by atoms with van der Waals surface area (Å²) in [6.07, 6.45) is 4.71. The van der Waals surface area contributed by atoms with Crippen molar-refractivity contribution in [2.75, 3.05) is 19.6 Å². The minimum Gasteiger partial charge on any atom is -0.489 e. The molecule has 1 aliphatic heterocycles. The van der Waals surface area contributed by atoms with E-state index >= 15 is 0 Å². The minimum atomic E-state index is 0.181. The van der Waals surface area contributed by atoms with Crippen LogP contribution in [-0.2, 0) is 12.8 Å². The lowest BCUT2D eigenvalue weighted by molar-refractivity contribution is 0.147. The van der Waals surface area contributed by atoms with Crippen molar-refractivity contribution in [2.24, 2.45) is 0 Å². The van der Waals surface area contributed by atoms with Gasteiger partial charge in [0.15, 0.2) is 0 Å². The Morgan fingerprint density at radius 3 is 1.89 bits per heavy atom. The van der Waals surface area contributed by atoms with Crippen molar-refractivity contribution in [3.8, 4) is 5.75 Å². The molecule has 0 saturated carbocycles. The third-order valence-electron chi connectivity index (χ3n) is 5.44. The van der Waals surface area contributed by atoms with Gasteiger partial charge in [-0.3, -0.25) is 4.90 Å². The fraction of sp³-hybridized carbons (Fsp3) is 0.308. The minimum absolute atomic E-state index is 0.181. The van der Waals surface area contributed by atoms with E-state index in [9.17, 15) is 0 Å². The summed E-state index contributed by atoms with van der Waals surface area (Å²) in [7, 11) is 0. The Labute approximate surface area is 168 Å². The average Bonchev–Trinajstić information content (AvgIpc) is 3.24. The molecule has 1 unspecified atom stereocenters. The molecule has 1 heterocycles. The molecule has 0 aromatic heterocycles. The molecule has 0 spiro atoms. The first-order valence-corrected chi connectivity index (χ1v) is 10.4. The van der Waals surface area contributed by atoms with Gasteiger partial charge >= 0.3 is 0 Å². The number of hydrogen-bond acceptors (Lipinski definition) is 2. The highest BCUT2D eigenvalue weighted by atomic mass is 16.5. The normalized spacial score (nSPS) is 15.4. The SMILES string of the molecule is c1ccc(Cc2ccc(OC(Cc3ccccc3)CN3CCCC3)cc2)cc1. The van der Waals surface area contributed by atoms with Gasteiger partial charge in [-0.25, -0.2) is 0 Å². The predicted molar refractivity (Wildman–Crippen MR) is 116 cm³/mol. The maximum Gasteiger partial charge on any atom is 0.119 e. The van der Waals surface area contributed by atoms with Crippen molar-refractivity contribution in [1.82, 2.24) is 4.90 Å². The highest BCUT2D eigenvalue weighted by molar-refractivity contribution is 5.31. The Kier molecular flexibility index (Phi) is 6.41. The van der Waals surface area contributed by atoms with Crippen LogP contribution in [-0.4, -0.2) is 30.6 Å². The highest BCUT2D eigenvalue weighted by Crippen LogP contribution is 2.19. The van der Waals surface area contributed by atoms with Crippen LogP contribution in [0.1, 0.15) is 29.5 Å². The van der Waals surface area contributed by atoms with Gasteiger partial charge < -0.3 is 4.74 Å². The van der Waals surface area contributed by atoms with Gasteiger partial charge in [0.1, 0.15) is 11.9 Å². The second-order valence-electron chi connectivity index (χ2n) is 7.74. The van der Waals surface area contributed by atoms with Crippen LogP contribution >= 0.6 is 0 Å². The second kappa shape index (κ2) is 9.57. The lowest BCUT2D eigenvalue weighted by atomic mass is 10.0. The number of rotatable bonds is 8. The van der Waals surface area contributed by atoms with Crippen LogP contribution in [0.4, 0.5) is 0 Å². The van der Waals surface area contributed by atoms with Gasteiger partial charge in [0.05, 0.1) is 0 Å². The Morgan fingerprint density at radius 1 is 0.679 bits per heavy atom. The first kappa shape index (κ1) is 18.8. The molecule has 4 rings (SSSR count). The molecule has 0 aliphatic carbocycles. The van der Waals surface area contributed by atoms with Crippen molar-refractivity contribution in [3.63, 3.8) is 0 Å². The molecule has 1 aliphatic rings. The number of hydrogen-bond donors (Lipinski definition) is 0. The standard InChI is InChI=1S/C26H29NO/c1-3-9-22(10-4-1)19-24-13-15-25(16-14-24)28-26(21-27-17-7-8-18-27)20-23-11-5-2-6-12-23/h1-6,9-16,26H,7-8,17-21H2.